The SMILES string of the molecule is CNC(=O)c1c(-c2ccc(F)cc2)oc2nc(N(C)S(C)(=O)=O)c(CCCC(=O)N3CCCC3C(=O)OC)cc12. The number of carbonyl (C=O) groups excluding carboxylic acids is 3. The number of halogens is 1. The number of nitrogens with one attached hydrogen (secondary N) is 1. The lowest BCUT2D eigenvalue weighted by atomic mass is 10.0. The van der Waals surface area contributed by atoms with Gasteiger partial charge in [0, 0.05) is 32.6 Å². The maximum atomic E-state index is 13.6. The van der Waals surface area contributed by atoms with Gasteiger partial charge in [0.25, 0.3) is 5.91 Å². The minimum atomic E-state index is -3.72. The fourth-order valence-corrected chi connectivity index (χ4v) is 5.32. The Morgan fingerprint density at radius 1 is 1.25 bits per heavy atom. The number of amides is 2. The normalized spacial score (nSPS) is 15.3. The first-order chi connectivity index (χ1) is 19.0. The van der Waals surface area contributed by atoms with Crippen LogP contribution in [0.1, 0.15) is 41.6 Å². The molecular formula is C27H31FN4O7S. The molecule has 214 valence electrons. The van der Waals surface area contributed by atoms with Crippen LogP contribution in [0.5, 0.6) is 0 Å². The molecule has 1 aromatic carbocycles. The van der Waals surface area contributed by atoms with E-state index in [0.717, 1.165) is 10.6 Å². The molecule has 40 heavy (non-hydrogen) atoms. The molecule has 11 nitrogen and oxygen atoms in total. The molecule has 0 radical (unpaired) electrons. The summed E-state index contributed by atoms with van der Waals surface area (Å²) in [5.41, 5.74) is 1.12. The number of hydrogen-bond donors (Lipinski definition) is 1. The van der Waals surface area contributed by atoms with Gasteiger partial charge in [0.05, 0.1) is 24.3 Å². The highest BCUT2D eigenvalue weighted by Crippen LogP contribution is 2.36. The molecule has 2 aromatic heterocycles. The average molecular weight is 575 g/mol. The molecule has 1 saturated heterocycles. The number of hydrogen-bond acceptors (Lipinski definition) is 8. The number of aromatic nitrogens is 1. The van der Waals surface area contributed by atoms with Crippen molar-refractivity contribution in [2.24, 2.45) is 0 Å². The zero-order valence-corrected chi connectivity index (χ0v) is 23.5. The third-order valence-corrected chi connectivity index (χ3v) is 8.15. The molecule has 1 aliphatic rings. The highest BCUT2D eigenvalue weighted by atomic mass is 32.2. The van der Waals surface area contributed by atoms with Crippen molar-refractivity contribution in [3.63, 3.8) is 0 Å². The molecule has 0 spiro atoms. The topological polar surface area (TPSA) is 139 Å². The van der Waals surface area contributed by atoms with Crippen LogP contribution in [0.25, 0.3) is 22.4 Å². The highest BCUT2D eigenvalue weighted by molar-refractivity contribution is 7.92. The molecule has 4 rings (SSSR count). The zero-order chi connectivity index (χ0) is 29.2. The van der Waals surface area contributed by atoms with Crippen LogP contribution in [0.3, 0.4) is 0 Å². The lowest BCUT2D eigenvalue weighted by Gasteiger charge is -2.23. The fraction of sp³-hybridized carbons (Fsp3) is 0.407. The third kappa shape index (κ3) is 5.79. The number of pyridine rings is 1. The number of benzene rings is 1. The molecule has 0 aliphatic carbocycles. The van der Waals surface area contributed by atoms with Gasteiger partial charge in [-0.05, 0) is 61.6 Å². The van der Waals surface area contributed by atoms with Crippen molar-refractivity contribution in [1.29, 1.82) is 0 Å². The number of likely N-dealkylation sites (tertiary alicyclic amines) is 1. The van der Waals surface area contributed by atoms with Gasteiger partial charge < -0.3 is 19.4 Å². The van der Waals surface area contributed by atoms with E-state index in [9.17, 15) is 27.2 Å². The second-order valence-electron chi connectivity index (χ2n) is 9.57. The molecule has 2 amide bonds. The summed E-state index contributed by atoms with van der Waals surface area (Å²) in [5.74, 6) is -1.32. The van der Waals surface area contributed by atoms with Crippen molar-refractivity contribution < 1.29 is 36.3 Å². The fourth-order valence-electron chi connectivity index (χ4n) is 4.84. The Morgan fingerprint density at radius 2 is 1.95 bits per heavy atom. The van der Waals surface area contributed by atoms with E-state index in [4.69, 9.17) is 9.15 Å². The van der Waals surface area contributed by atoms with E-state index in [1.807, 2.05) is 0 Å². The lowest BCUT2D eigenvalue weighted by Crippen LogP contribution is -2.41. The van der Waals surface area contributed by atoms with Crippen LogP contribution in [-0.2, 0) is 30.8 Å². The number of aryl methyl sites for hydroxylation is 1. The van der Waals surface area contributed by atoms with Crippen molar-refractivity contribution in [3.8, 4) is 11.3 Å². The predicted molar refractivity (Wildman–Crippen MR) is 146 cm³/mol. The third-order valence-electron chi connectivity index (χ3n) is 6.98. The monoisotopic (exact) mass is 574 g/mol. The van der Waals surface area contributed by atoms with Gasteiger partial charge in [-0.3, -0.25) is 13.9 Å². The van der Waals surface area contributed by atoms with E-state index in [-0.39, 0.29) is 41.6 Å². The van der Waals surface area contributed by atoms with Gasteiger partial charge in [-0.2, -0.15) is 4.98 Å². The van der Waals surface area contributed by atoms with Gasteiger partial charge in [-0.15, -0.1) is 0 Å². The Morgan fingerprint density at radius 3 is 2.58 bits per heavy atom. The molecule has 1 aliphatic heterocycles. The van der Waals surface area contributed by atoms with E-state index in [2.05, 4.69) is 10.3 Å². The standard InChI is InChI=1S/C27H31FN4O7S/c1-29-25(34)22-19-15-17(7-5-9-21(33)32-14-6-8-20(32)27(35)38-3)24(31(2)40(4,36)37)30-26(19)39-23(22)16-10-12-18(28)13-11-16/h10-13,15,20H,5-9,14H2,1-4H3,(H,29,34). The van der Waals surface area contributed by atoms with Crippen molar-refractivity contribution in [2.45, 2.75) is 38.1 Å². The summed E-state index contributed by atoms with van der Waals surface area (Å²) in [6, 6.07) is 6.44. The summed E-state index contributed by atoms with van der Waals surface area (Å²) in [6.07, 6.45) is 2.98. The number of esters is 1. The molecular weight excluding hydrogens is 543 g/mol. The van der Waals surface area contributed by atoms with Gasteiger partial charge in [0.2, 0.25) is 21.6 Å². The predicted octanol–water partition coefficient (Wildman–Crippen LogP) is 2.88. The molecule has 13 heteroatoms. The number of furan rings is 1. The van der Waals surface area contributed by atoms with Crippen molar-refractivity contribution in [1.82, 2.24) is 15.2 Å². The van der Waals surface area contributed by atoms with Crippen molar-refractivity contribution >= 4 is 44.7 Å². The quantitative estimate of drug-likeness (QED) is 0.385. The number of rotatable bonds is 9. The van der Waals surface area contributed by atoms with E-state index in [1.54, 1.807) is 6.07 Å². The summed E-state index contributed by atoms with van der Waals surface area (Å²) in [6.45, 7) is 0.463. The summed E-state index contributed by atoms with van der Waals surface area (Å²) < 4.78 is 50.2. The van der Waals surface area contributed by atoms with Crippen LogP contribution in [0.2, 0.25) is 0 Å². The van der Waals surface area contributed by atoms with Crippen LogP contribution in [0, 0.1) is 5.82 Å². The van der Waals surface area contributed by atoms with Crippen LogP contribution in [0.15, 0.2) is 34.7 Å². The summed E-state index contributed by atoms with van der Waals surface area (Å²) in [5, 5.41) is 2.92. The van der Waals surface area contributed by atoms with E-state index >= 15 is 0 Å². The number of ether oxygens (including phenoxy) is 1. The molecule has 1 atom stereocenters. The number of nitrogens with zero attached hydrogens (tertiary/aromatic N) is 3. The van der Waals surface area contributed by atoms with E-state index < -0.39 is 33.8 Å². The number of methoxy groups -OCH3 is 1. The first-order valence-corrected chi connectivity index (χ1v) is 14.6. The van der Waals surface area contributed by atoms with Crippen LogP contribution >= 0.6 is 0 Å². The minimum Gasteiger partial charge on any atom is -0.467 e. The molecule has 0 bridgehead atoms. The Kier molecular flexibility index (Phi) is 8.43. The van der Waals surface area contributed by atoms with Crippen molar-refractivity contribution in [2.75, 3.05) is 38.3 Å². The van der Waals surface area contributed by atoms with Crippen LogP contribution in [0.4, 0.5) is 10.2 Å². The second kappa shape index (κ2) is 11.6. The Hall–Kier alpha value is -4.00. The number of sulfonamides is 1. The van der Waals surface area contributed by atoms with Gasteiger partial charge in [0.1, 0.15) is 23.4 Å². The van der Waals surface area contributed by atoms with Gasteiger partial charge in [-0.25, -0.2) is 17.6 Å². The first-order valence-electron chi connectivity index (χ1n) is 12.7. The number of fused-ring (bicyclic) bond motifs is 1. The Labute approximate surface area is 231 Å². The van der Waals surface area contributed by atoms with E-state index in [0.29, 0.717) is 42.3 Å². The maximum Gasteiger partial charge on any atom is 0.328 e. The summed E-state index contributed by atoms with van der Waals surface area (Å²) in [4.78, 5) is 43.9. The highest BCUT2D eigenvalue weighted by Gasteiger charge is 2.34. The average Bonchev–Trinajstić information content (AvgIpc) is 3.56. The second-order valence-corrected chi connectivity index (χ2v) is 11.6. The van der Waals surface area contributed by atoms with Gasteiger partial charge in [0.15, 0.2) is 0 Å². The zero-order valence-electron chi connectivity index (χ0n) is 22.7. The van der Waals surface area contributed by atoms with Gasteiger partial charge >= 0.3 is 5.97 Å². The molecule has 1 N–H and O–H groups in total. The first kappa shape index (κ1) is 29.0. The van der Waals surface area contributed by atoms with Crippen molar-refractivity contribution in [3.05, 3.63) is 47.3 Å². The smallest absolute Gasteiger partial charge is 0.328 e. The molecule has 0 saturated carbocycles. The Balaban J connectivity index is 1.72. The van der Waals surface area contributed by atoms with Crippen LogP contribution < -0.4 is 9.62 Å². The summed E-state index contributed by atoms with van der Waals surface area (Å²) >= 11 is 0. The molecule has 3 aromatic rings. The minimum absolute atomic E-state index is 0.0289. The summed E-state index contributed by atoms with van der Waals surface area (Å²) in [7, 11) is 0.381. The molecule has 1 unspecified atom stereocenters. The number of anilines is 1. The Bertz CT molecular complexity index is 1550. The molecule has 1 fully saturated rings. The molecule has 3 heterocycles. The van der Waals surface area contributed by atoms with E-state index in [1.165, 1.54) is 50.4 Å². The van der Waals surface area contributed by atoms with Gasteiger partial charge in [-0.1, -0.05) is 0 Å². The lowest BCUT2D eigenvalue weighted by molar-refractivity contribution is -0.151. The largest absolute Gasteiger partial charge is 0.467 e. The number of carbonyl (C=O) groups is 3. The maximum absolute atomic E-state index is 13.6. The van der Waals surface area contributed by atoms with Crippen LogP contribution in [-0.4, -0.2) is 76.1 Å².